The van der Waals surface area contributed by atoms with Gasteiger partial charge in [-0.05, 0) is 37.8 Å². The van der Waals surface area contributed by atoms with Crippen LogP contribution < -0.4 is 0 Å². The molecule has 1 aromatic rings. The lowest BCUT2D eigenvalue weighted by atomic mass is 9.87. The van der Waals surface area contributed by atoms with Crippen molar-refractivity contribution >= 4 is 40.7 Å². The van der Waals surface area contributed by atoms with Crippen LogP contribution in [0.2, 0.25) is 10.0 Å². The second-order valence-corrected chi connectivity index (χ2v) is 7.94. The summed E-state index contributed by atoms with van der Waals surface area (Å²) in [4.78, 5) is 6.06. The molecule has 1 aromatic carbocycles. The van der Waals surface area contributed by atoms with Crippen molar-refractivity contribution in [2.75, 3.05) is 6.26 Å². The summed E-state index contributed by atoms with van der Waals surface area (Å²) in [5.41, 5.74) is -1.18. The van der Waals surface area contributed by atoms with E-state index in [0.717, 1.165) is 11.3 Å². The lowest BCUT2D eigenvalue weighted by Crippen LogP contribution is -2.42. The first kappa shape index (κ1) is 25.7. The second-order valence-electron chi connectivity index (χ2n) is 6.22. The molecule has 1 heterocycles. The van der Waals surface area contributed by atoms with Gasteiger partial charge < -0.3 is 4.84 Å². The largest absolute Gasteiger partial charge is 0.435 e. The molecular weight excluding hydrogens is 442 g/mol. The molecule has 0 radical (unpaired) electrons. The molecule has 2 nitrogen and oxygen atoms in total. The quantitative estimate of drug-likeness (QED) is 0.311. The Balaban J connectivity index is 0.00000204. The molecule has 0 N–H and O–H groups in total. The average molecular weight is 466 g/mol. The van der Waals surface area contributed by atoms with Gasteiger partial charge in [0.2, 0.25) is 0 Å². The molecule has 0 amide bonds. The highest BCUT2D eigenvalue weighted by Crippen LogP contribution is 2.49. The summed E-state index contributed by atoms with van der Waals surface area (Å²) in [5, 5.41) is 3.94. The van der Waals surface area contributed by atoms with Gasteiger partial charge in [0, 0.05) is 33.4 Å². The van der Waals surface area contributed by atoms with Crippen LogP contribution >= 0.6 is 35.0 Å². The van der Waals surface area contributed by atoms with Gasteiger partial charge in [0.15, 0.2) is 0 Å². The van der Waals surface area contributed by atoms with Gasteiger partial charge in [-0.2, -0.15) is 13.2 Å². The number of nitrogens with zero attached hydrogens (tertiary/aromatic N) is 1. The molecule has 0 bridgehead atoms. The van der Waals surface area contributed by atoms with Gasteiger partial charge in [0.25, 0.3) is 5.60 Å². The van der Waals surface area contributed by atoms with Crippen LogP contribution in [0.25, 0.3) is 0 Å². The first-order chi connectivity index (χ1) is 13.6. The third-order valence-corrected chi connectivity index (χ3v) is 5.72. The van der Waals surface area contributed by atoms with E-state index < -0.39 is 18.2 Å². The van der Waals surface area contributed by atoms with Gasteiger partial charge in [-0.25, -0.2) is 0 Å². The number of allylic oxidation sites excluding steroid dienone is 3. The van der Waals surface area contributed by atoms with Crippen LogP contribution in [0.4, 0.5) is 13.2 Å². The van der Waals surface area contributed by atoms with Gasteiger partial charge in [0.1, 0.15) is 0 Å². The van der Waals surface area contributed by atoms with E-state index in [1.165, 1.54) is 23.8 Å². The molecule has 1 atom stereocenters. The summed E-state index contributed by atoms with van der Waals surface area (Å²) in [5.74, 6) is 0. The Hall–Kier alpha value is -1.37. The van der Waals surface area contributed by atoms with Crippen molar-refractivity contribution in [3.8, 4) is 0 Å². The van der Waals surface area contributed by atoms with Gasteiger partial charge in [-0.1, -0.05) is 53.0 Å². The van der Waals surface area contributed by atoms with Crippen LogP contribution in [-0.2, 0) is 10.4 Å². The molecule has 8 heteroatoms. The van der Waals surface area contributed by atoms with Gasteiger partial charge in [-0.15, -0.1) is 24.9 Å². The Morgan fingerprint density at radius 2 is 1.86 bits per heavy atom. The molecule has 0 saturated carbocycles. The van der Waals surface area contributed by atoms with Crippen molar-refractivity contribution < 1.29 is 18.0 Å². The van der Waals surface area contributed by atoms with Gasteiger partial charge in [-0.3, -0.25) is 0 Å². The molecule has 0 aromatic heterocycles. The smallest absolute Gasteiger partial charge is 0.374 e. The van der Waals surface area contributed by atoms with E-state index in [9.17, 15) is 13.2 Å². The lowest BCUT2D eigenvalue weighted by molar-refractivity contribution is -0.275. The summed E-state index contributed by atoms with van der Waals surface area (Å²) >= 11 is 13.4. The number of halogens is 5. The molecule has 0 spiro atoms. The van der Waals surface area contributed by atoms with Crippen LogP contribution in [0, 0.1) is 0 Å². The van der Waals surface area contributed by atoms with Crippen molar-refractivity contribution in [2.45, 2.75) is 44.9 Å². The fraction of sp³-hybridized carbons (Fsp3) is 0.381. The number of hydrogen-bond donors (Lipinski definition) is 0. The second kappa shape index (κ2) is 11.1. The number of rotatable bonds is 6. The van der Waals surface area contributed by atoms with Crippen molar-refractivity contribution in [2.24, 2.45) is 5.16 Å². The Morgan fingerprint density at radius 1 is 1.28 bits per heavy atom. The van der Waals surface area contributed by atoms with E-state index in [1.807, 2.05) is 25.3 Å². The van der Waals surface area contributed by atoms with Gasteiger partial charge in [0.05, 0.1) is 5.71 Å². The zero-order chi connectivity index (χ0) is 22.2. The average Bonchev–Trinajstić information content (AvgIpc) is 3.11. The minimum Gasteiger partial charge on any atom is -0.374 e. The zero-order valence-corrected chi connectivity index (χ0v) is 18.9. The fourth-order valence-corrected chi connectivity index (χ4v) is 3.97. The van der Waals surface area contributed by atoms with Crippen molar-refractivity contribution in [3.63, 3.8) is 0 Å². The summed E-state index contributed by atoms with van der Waals surface area (Å²) in [6.45, 7) is 10.1. The van der Waals surface area contributed by atoms with Gasteiger partial charge >= 0.3 is 6.18 Å². The number of alkyl halides is 3. The SMILES string of the molecule is C=C.CC/C(C)=C(\C=C/CC1=NOC(c2cc(Cl)cc(Cl)c2)(C(F)(F)F)C1)SC. The topological polar surface area (TPSA) is 21.6 Å². The van der Waals surface area contributed by atoms with E-state index in [1.54, 1.807) is 11.8 Å². The molecule has 2 rings (SSSR count). The maximum absolute atomic E-state index is 13.9. The van der Waals surface area contributed by atoms with E-state index >= 15 is 0 Å². The van der Waals surface area contributed by atoms with E-state index in [-0.39, 0.29) is 22.0 Å². The third-order valence-electron chi connectivity index (χ3n) is 4.36. The van der Waals surface area contributed by atoms with E-state index in [0.29, 0.717) is 5.71 Å². The Labute approximate surface area is 184 Å². The standard InChI is InChI=1S/C19H20Cl2F3NOS.C2H4/c1-4-12(2)17(27-3)7-5-6-16-11-18(26-25-16,19(22,23)24)13-8-14(20)10-15(21)9-13;1-2/h5,7-10H,4,6,11H2,1-3H3;1-2H2/b7-5-,17-12+;. The minimum atomic E-state index is -4.67. The van der Waals surface area contributed by atoms with Crippen LogP contribution in [0.15, 0.2) is 59.1 Å². The number of benzene rings is 1. The first-order valence-electron chi connectivity index (χ1n) is 8.80. The van der Waals surface area contributed by atoms with Crippen LogP contribution in [0.3, 0.4) is 0 Å². The maximum atomic E-state index is 13.9. The number of oxime groups is 1. The molecular formula is C21H24Cl2F3NOS. The third kappa shape index (κ3) is 6.30. The minimum absolute atomic E-state index is 0.114. The highest BCUT2D eigenvalue weighted by Gasteiger charge is 2.62. The van der Waals surface area contributed by atoms with Crippen LogP contribution in [0.5, 0.6) is 0 Å². The number of hydrogen-bond acceptors (Lipinski definition) is 3. The number of thioether (sulfide) groups is 1. The Morgan fingerprint density at radius 3 is 2.34 bits per heavy atom. The summed E-state index contributed by atoms with van der Waals surface area (Å²) in [7, 11) is 0. The predicted molar refractivity (Wildman–Crippen MR) is 119 cm³/mol. The van der Waals surface area contributed by atoms with E-state index in [4.69, 9.17) is 28.0 Å². The maximum Gasteiger partial charge on any atom is 0.435 e. The molecule has 1 aliphatic heterocycles. The van der Waals surface area contributed by atoms with E-state index in [2.05, 4.69) is 25.2 Å². The lowest BCUT2D eigenvalue weighted by Gasteiger charge is -2.29. The molecule has 0 saturated heterocycles. The molecule has 0 aliphatic carbocycles. The van der Waals surface area contributed by atoms with Crippen molar-refractivity contribution in [1.82, 2.24) is 0 Å². The monoisotopic (exact) mass is 465 g/mol. The molecule has 0 fully saturated rings. The molecule has 1 aliphatic rings. The summed E-state index contributed by atoms with van der Waals surface area (Å²) < 4.78 is 41.6. The fourth-order valence-electron chi connectivity index (χ4n) is 2.72. The Kier molecular flexibility index (Phi) is 9.86. The molecule has 29 heavy (non-hydrogen) atoms. The van der Waals surface area contributed by atoms with Crippen molar-refractivity contribution in [1.29, 1.82) is 0 Å². The van der Waals surface area contributed by atoms with Crippen LogP contribution in [0.1, 0.15) is 38.7 Å². The van der Waals surface area contributed by atoms with Crippen molar-refractivity contribution in [3.05, 3.63) is 69.6 Å². The highest BCUT2D eigenvalue weighted by atomic mass is 35.5. The first-order valence-corrected chi connectivity index (χ1v) is 10.8. The summed E-state index contributed by atoms with van der Waals surface area (Å²) in [6, 6.07) is 3.81. The Bertz CT molecular complexity index is 785. The zero-order valence-electron chi connectivity index (χ0n) is 16.6. The highest BCUT2D eigenvalue weighted by molar-refractivity contribution is 8.02. The normalized spacial score (nSPS) is 19.9. The summed E-state index contributed by atoms with van der Waals surface area (Å²) in [6.07, 6.45) is 1.80. The molecule has 1 unspecified atom stereocenters. The molecule has 160 valence electrons. The predicted octanol–water partition coefficient (Wildman–Crippen LogP) is 8.32. The van der Waals surface area contributed by atoms with Crippen LogP contribution in [-0.4, -0.2) is 18.1 Å².